The van der Waals surface area contributed by atoms with Crippen LogP contribution in [0.25, 0.3) is 0 Å². The zero-order valence-electron chi connectivity index (χ0n) is 17.2. The SMILES string of the molecule is Cc1cccc(NC(=O)COC(C)C(=O)N(Cc2ccccc2)c2ccccc2)c1. The highest BCUT2D eigenvalue weighted by atomic mass is 16.5. The molecule has 0 saturated heterocycles. The van der Waals surface area contributed by atoms with Gasteiger partial charge in [0.25, 0.3) is 5.91 Å². The number of aryl methyl sites for hydroxylation is 1. The van der Waals surface area contributed by atoms with Crippen LogP contribution in [0.15, 0.2) is 84.9 Å². The molecule has 30 heavy (non-hydrogen) atoms. The van der Waals surface area contributed by atoms with Crippen LogP contribution in [0.5, 0.6) is 0 Å². The molecule has 0 fully saturated rings. The van der Waals surface area contributed by atoms with Crippen LogP contribution in [0.4, 0.5) is 11.4 Å². The van der Waals surface area contributed by atoms with Gasteiger partial charge in [-0.1, -0.05) is 60.7 Å². The number of hydrogen-bond donors (Lipinski definition) is 1. The van der Waals surface area contributed by atoms with E-state index in [9.17, 15) is 9.59 Å². The Balaban J connectivity index is 1.64. The van der Waals surface area contributed by atoms with Gasteiger partial charge < -0.3 is 15.0 Å². The molecule has 2 amide bonds. The molecule has 1 N–H and O–H groups in total. The predicted octanol–water partition coefficient (Wildman–Crippen LogP) is 4.57. The van der Waals surface area contributed by atoms with Crippen molar-refractivity contribution in [3.63, 3.8) is 0 Å². The summed E-state index contributed by atoms with van der Waals surface area (Å²) in [7, 11) is 0. The Hall–Kier alpha value is -3.44. The largest absolute Gasteiger partial charge is 0.359 e. The van der Waals surface area contributed by atoms with Crippen LogP contribution < -0.4 is 10.2 Å². The van der Waals surface area contributed by atoms with Crippen LogP contribution in [-0.4, -0.2) is 24.5 Å². The summed E-state index contributed by atoms with van der Waals surface area (Å²) in [6.45, 7) is 3.85. The fourth-order valence-electron chi connectivity index (χ4n) is 3.08. The van der Waals surface area contributed by atoms with E-state index in [1.54, 1.807) is 11.8 Å². The van der Waals surface area contributed by atoms with E-state index < -0.39 is 6.10 Å². The standard InChI is InChI=1S/C25H26N2O3/c1-19-10-9-13-22(16-19)26-24(28)18-30-20(2)25(29)27(23-14-7-4-8-15-23)17-21-11-5-3-6-12-21/h3-16,20H,17-18H2,1-2H3,(H,26,28). The molecule has 0 aliphatic rings. The van der Waals surface area contributed by atoms with Gasteiger partial charge in [-0.3, -0.25) is 9.59 Å². The van der Waals surface area contributed by atoms with Gasteiger partial charge in [-0.25, -0.2) is 0 Å². The van der Waals surface area contributed by atoms with Crippen LogP contribution in [0.2, 0.25) is 0 Å². The summed E-state index contributed by atoms with van der Waals surface area (Å²) in [5, 5.41) is 2.79. The Morgan fingerprint density at radius 3 is 2.27 bits per heavy atom. The Morgan fingerprint density at radius 1 is 0.933 bits per heavy atom. The molecule has 5 heteroatoms. The number of para-hydroxylation sites is 1. The van der Waals surface area contributed by atoms with E-state index in [1.807, 2.05) is 91.9 Å². The third kappa shape index (κ3) is 6.03. The third-order valence-corrected chi connectivity index (χ3v) is 4.63. The molecule has 0 spiro atoms. The van der Waals surface area contributed by atoms with E-state index >= 15 is 0 Å². The number of nitrogens with zero attached hydrogens (tertiary/aromatic N) is 1. The highest BCUT2D eigenvalue weighted by Gasteiger charge is 2.23. The van der Waals surface area contributed by atoms with Crippen molar-refractivity contribution >= 4 is 23.2 Å². The molecule has 5 nitrogen and oxygen atoms in total. The topological polar surface area (TPSA) is 58.6 Å². The minimum Gasteiger partial charge on any atom is -0.359 e. The molecule has 1 unspecified atom stereocenters. The summed E-state index contributed by atoms with van der Waals surface area (Å²) in [6.07, 6.45) is -0.767. The monoisotopic (exact) mass is 402 g/mol. The number of carbonyl (C=O) groups excluding carboxylic acids is 2. The normalized spacial score (nSPS) is 11.5. The average molecular weight is 402 g/mol. The first-order chi connectivity index (χ1) is 14.5. The number of hydrogen-bond acceptors (Lipinski definition) is 3. The molecule has 0 saturated carbocycles. The predicted molar refractivity (Wildman–Crippen MR) is 119 cm³/mol. The molecule has 0 radical (unpaired) electrons. The minimum absolute atomic E-state index is 0.200. The highest BCUT2D eigenvalue weighted by Crippen LogP contribution is 2.19. The molecule has 0 aromatic heterocycles. The lowest BCUT2D eigenvalue weighted by Crippen LogP contribution is -2.40. The van der Waals surface area contributed by atoms with Gasteiger partial charge in [0.05, 0.1) is 6.54 Å². The molecule has 1 atom stereocenters. The van der Waals surface area contributed by atoms with Gasteiger partial charge in [-0.2, -0.15) is 0 Å². The van der Waals surface area contributed by atoms with Crippen molar-refractivity contribution in [3.05, 3.63) is 96.1 Å². The zero-order chi connectivity index (χ0) is 21.3. The number of ether oxygens (including phenoxy) is 1. The van der Waals surface area contributed by atoms with Crippen LogP contribution in [0.1, 0.15) is 18.1 Å². The Kier molecular flexibility index (Phi) is 7.35. The van der Waals surface area contributed by atoms with Gasteiger partial charge in [-0.05, 0) is 49.2 Å². The fourth-order valence-corrected chi connectivity index (χ4v) is 3.08. The number of rotatable bonds is 8. The molecule has 0 bridgehead atoms. The second-order valence-electron chi connectivity index (χ2n) is 7.12. The average Bonchev–Trinajstić information content (AvgIpc) is 2.76. The number of carbonyl (C=O) groups is 2. The van der Waals surface area contributed by atoms with Crippen molar-refractivity contribution < 1.29 is 14.3 Å². The van der Waals surface area contributed by atoms with E-state index in [-0.39, 0.29) is 18.4 Å². The van der Waals surface area contributed by atoms with Gasteiger partial charge >= 0.3 is 0 Å². The van der Waals surface area contributed by atoms with Crippen LogP contribution in [-0.2, 0) is 20.9 Å². The minimum atomic E-state index is -0.767. The molecule has 0 aliphatic carbocycles. The maximum Gasteiger partial charge on any atom is 0.256 e. The summed E-state index contributed by atoms with van der Waals surface area (Å²) in [5.74, 6) is -0.497. The van der Waals surface area contributed by atoms with Crippen molar-refractivity contribution in [2.45, 2.75) is 26.5 Å². The fraction of sp³-hybridized carbons (Fsp3) is 0.200. The van der Waals surface area contributed by atoms with Crippen molar-refractivity contribution in [1.82, 2.24) is 0 Å². The van der Waals surface area contributed by atoms with E-state index in [4.69, 9.17) is 4.74 Å². The maximum absolute atomic E-state index is 13.1. The molecule has 3 aromatic carbocycles. The second kappa shape index (κ2) is 10.4. The molecular formula is C25H26N2O3. The number of anilines is 2. The summed E-state index contributed by atoms with van der Waals surface area (Å²) in [6, 6.07) is 26.8. The second-order valence-corrected chi connectivity index (χ2v) is 7.12. The molecule has 0 heterocycles. The van der Waals surface area contributed by atoms with Gasteiger partial charge in [-0.15, -0.1) is 0 Å². The molecule has 0 aliphatic heterocycles. The van der Waals surface area contributed by atoms with Crippen molar-refractivity contribution in [2.24, 2.45) is 0 Å². The Labute approximate surface area is 177 Å². The van der Waals surface area contributed by atoms with Gasteiger partial charge in [0.15, 0.2) is 0 Å². The van der Waals surface area contributed by atoms with Gasteiger partial charge in [0, 0.05) is 11.4 Å². The number of benzene rings is 3. The third-order valence-electron chi connectivity index (χ3n) is 4.63. The van der Waals surface area contributed by atoms with E-state index in [0.717, 1.165) is 16.8 Å². The van der Waals surface area contributed by atoms with Gasteiger partial charge in [0.2, 0.25) is 5.91 Å². The molecular weight excluding hydrogens is 376 g/mol. The quantitative estimate of drug-likeness (QED) is 0.600. The van der Waals surface area contributed by atoms with E-state index in [2.05, 4.69) is 5.32 Å². The van der Waals surface area contributed by atoms with Crippen LogP contribution >= 0.6 is 0 Å². The first-order valence-corrected chi connectivity index (χ1v) is 9.91. The highest BCUT2D eigenvalue weighted by molar-refractivity contribution is 5.97. The molecule has 3 rings (SSSR count). The molecule has 154 valence electrons. The summed E-state index contributed by atoms with van der Waals surface area (Å²) in [4.78, 5) is 27.0. The summed E-state index contributed by atoms with van der Waals surface area (Å²) < 4.78 is 5.60. The smallest absolute Gasteiger partial charge is 0.256 e. The Morgan fingerprint density at radius 2 is 1.60 bits per heavy atom. The Bertz CT molecular complexity index is 974. The number of amides is 2. The van der Waals surface area contributed by atoms with Crippen LogP contribution in [0.3, 0.4) is 0 Å². The lowest BCUT2D eigenvalue weighted by molar-refractivity contribution is -0.133. The van der Waals surface area contributed by atoms with Crippen molar-refractivity contribution in [3.8, 4) is 0 Å². The van der Waals surface area contributed by atoms with E-state index in [1.165, 1.54) is 0 Å². The first kappa shape index (κ1) is 21.3. The van der Waals surface area contributed by atoms with Gasteiger partial charge in [0.1, 0.15) is 12.7 Å². The summed E-state index contributed by atoms with van der Waals surface area (Å²) >= 11 is 0. The molecule has 3 aromatic rings. The maximum atomic E-state index is 13.1. The first-order valence-electron chi connectivity index (χ1n) is 9.91. The van der Waals surface area contributed by atoms with E-state index in [0.29, 0.717) is 12.2 Å². The lowest BCUT2D eigenvalue weighted by atomic mass is 10.1. The van der Waals surface area contributed by atoms with Crippen molar-refractivity contribution in [1.29, 1.82) is 0 Å². The lowest BCUT2D eigenvalue weighted by Gasteiger charge is -2.26. The summed E-state index contributed by atoms with van der Waals surface area (Å²) in [5.41, 5.74) is 3.55. The van der Waals surface area contributed by atoms with Crippen molar-refractivity contribution in [2.75, 3.05) is 16.8 Å². The van der Waals surface area contributed by atoms with Crippen LogP contribution in [0, 0.1) is 6.92 Å². The zero-order valence-corrected chi connectivity index (χ0v) is 17.2. The number of nitrogens with one attached hydrogen (secondary N) is 1.